The van der Waals surface area contributed by atoms with Gasteiger partial charge in [0.25, 0.3) is 0 Å². The van der Waals surface area contributed by atoms with E-state index in [4.69, 9.17) is 17.3 Å². The Kier molecular flexibility index (Phi) is 4.40. The zero-order chi connectivity index (χ0) is 13.8. The maximum Gasteiger partial charge on any atom is 0.133 e. The largest absolute Gasteiger partial charge is 0.355 e. The number of rotatable bonds is 4. The van der Waals surface area contributed by atoms with E-state index in [1.807, 2.05) is 44.3 Å². The van der Waals surface area contributed by atoms with Crippen molar-refractivity contribution in [2.24, 2.45) is 5.73 Å². The minimum absolute atomic E-state index is 0.0366. The third-order valence-corrected chi connectivity index (χ3v) is 3.21. The number of hydrogen-bond acceptors (Lipinski definition) is 3. The van der Waals surface area contributed by atoms with Gasteiger partial charge in [-0.05, 0) is 30.7 Å². The number of halogens is 1. The predicted octanol–water partition coefficient (Wildman–Crippen LogP) is 3.39. The van der Waals surface area contributed by atoms with Crippen molar-refractivity contribution in [2.75, 3.05) is 11.9 Å². The lowest BCUT2D eigenvalue weighted by Crippen LogP contribution is -2.21. The third-order valence-electron chi connectivity index (χ3n) is 2.98. The molecule has 2 rings (SSSR count). The van der Waals surface area contributed by atoms with Crippen LogP contribution in [-0.2, 0) is 6.54 Å². The molecular formula is C15H18ClN3. The highest BCUT2D eigenvalue weighted by Crippen LogP contribution is 2.23. The average molecular weight is 276 g/mol. The molecule has 0 aliphatic rings. The van der Waals surface area contributed by atoms with Gasteiger partial charge in [0.1, 0.15) is 5.82 Å². The molecule has 0 amide bonds. The molecular weight excluding hydrogens is 258 g/mol. The highest BCUT2D eigenvalue weighted by atomic mass is 35.5. The van der Waals surface area contributed by atoms with Crippen LogP contribution in [-0.4, -0.2) is 12.0 Å². The third kappa shape index (κ3) is 3.46. The van der Waals surface area contributed by atoms with Gasteiger partial charge in [-0.15, -0.1) is 0 Å². The van der Waals surface area contributed by atoms with Crippen LogP contribution in [0.3, 0.4) is 0 Å². The first-order valence-corrected chi connectivity index (χ1v) is 6.62. The minimum atomic E-state index is -0.0366. The number of anilines is 1. The molecule has 0 aliphatic carbocycles. The molecule has 0 fully saturated rings. The normalized spacial score (nSPS) is 12.2. The standard InChI is InChI=1S/C15H18ClN3/c1-11(17)14-7-4-8-18-15(14)19(2)10-12-5-3-6-13(16)9-12/h3-9,11H,10,17H2,1-2H3/t11-/m0/s1. The van der Waals surface area contributed by atoms with E-state index in [1.165, 1.54) is 0 Å². The summed E-state index contributed by atoms with van der Waals surface area (Å²) in [6.07, 6.45) is 1.79. The molecule has 2 aromatic rings. The summed E-state index contributed by atoms with van der Waals surface area (Å²) in [4.78, 5) is 6.52. The molecule has 3 nitrogen and oxygen atoms in total. The molecule has 0 spiro atoms. The zero-order valence-electron chi connectivity index (χ0n) is 11.2. The number of benzene rings is 1. The van der Waals surface area contributed by atoms with Crippen molar-refractivity contribution in [1.82, 2.24) is 4.98 Å². The maximum absolute atomic E-state index is 6.00. The van der Waals surface area contributed by atoms with Gasteiger partial charge >= 0.3 is 0 Å². The Labute approximate surface area is 119 Å². The molecule has 4 heteroatoms. The summed E-state index contributed by atoms with van der Waals surface area (Å²) < 4.78 is 0. The van der Waals surface area contributed by atoms with Gasteiger partial charge in [0, 0.05) is 36.4 Å². The van der Waals surface area contributed by atoms with Crippen LogP contribution in [0.2, 0.25) is 5.02 Å². The van der Waals surface area contributed by atoms with Crippen LogP contribution in [0.15, 0.2) is 42.6 Å². The van der Waals surface area contributed by atoms with Gasteiger partial charge in [0.15, 0.2) is 0 Å². The maximum atomic E-state index is 6.00. The van der Waals surface area contributed by atoms with Crippen molar-refractivity contribution < 1.29 is 0 Å². The Balaban J connectivity index is 2.23. The summed E-state index contributed by atoms with van der Waals surface area (Å²) in [5, 5.41) is 0.749. The smallest absolute Gasteiger partial charge is 0.133 e. The molecule has 1 atom stereocenters. The fraction of sp³-hybridized carbons (Fsp3) is 0.267. The molecule has 100 valence electrons. The van der Waals surface area contributed by atoms with Gasteiger partial charge in [0.2, 0.25) is 0 Å². The summed E-state index contributed by atoms with van der Waals surface area (Å²) in [5.74, 6) is 0.914. The molecule has 0 bridgehead atoms. The molecule has 0 aliphatic heterocycles. The van der Waals surface area contributed by atoms with E-state index in [-0.39, 0.29) is 6.04 Å². The number of hydrogen-bond donors (Lipinski definition) is 1. The van der Waals surface area contributed by atoms with Crippen LogP contribution in [0, 0.1) is 0 Å². The summed E-state index contributed by atoms with van der Waals surface area (Å²) in [6.45, 7) is 2.71. The number of aromatic nitrogens is 1. The second-order valence-electron chi connectivity index (χ2n) is 4.69. The van der Waals surface area contributed by atoms with Crippen molar-refractivity contribution in [3.05, 3.63) is 58.7 Å². The van der Waals surface area contributed by atoms with Crippen molar-refractivity contribution in [2.45, 2.75) is 19.5 Å². The number of nitrogens with two attached hydrogens (primary N) is 1. The Morgan fingerprint density at radius 1 is 1.32 bits per heavy atom. The van der Waals surface area contributed by atoms with Gasteiger partial charge in [0.05, 0.1) is 0 Å². The highest BCUT2D eigenvalue weighted by molar-refractivity contribution is 6.30. The van der Waals surface area contributed by atoms with Crippen molar-refractivity contribution in [3.63, 3.8) is 0 Å². The van der Waals surface area contributed by atoms with E-state index in [0.29, 0.717) is 0 Å². The van der Waals surface area contributed by atoms with Crippen LogP contribution in [0.4, 0.5) is 5.82 Å². The first-order chi connectivity index (χ1) is 9.08. The number of nitrogens with zero attached hydrogens (tertiary/aromatic N) is 2. The van der Waals surface area contributed by atoms with Crippen LogP contribution in [0.5, 0.6) is 0 Å². The molecule has 0 unspecified atom stereocenters. The van der Waals surface area contributed by atoms with Gasteiger partial charge in [-0.3, -0.25) is 0 Å². The monoisotopic (exact) mass is 275 g/mol. The lowest BCUT2D eigenvalue weighted by atomic mass is 10.1. The van der Waals surface area contributed by atoms with Crippen LogP contribution >= 0.6 is 11.6 Å². The van der Waals surface area contributed by atoms with E-state index >= 15 is 0 Å². The first kappa shape index (κ1) is 13.8. The Morgan fingerprint density at radius 2 is 2.11 bits per heavy atom. The topological polar surface area (TPSA) is 42.1 Å². The van der Waals surface area contributed by atoms with Gasteiger partial charge < -0.3 is 10.6 Å². The first-order valence-electron chi connectivity index (χ1n) is 6.24. The van der Waals surface area contributed by atoms with Crippen molar-refractivity contribution >= 4 is 17.4 Å². The molecule has 0 saturated carbocycles. The fourth-order valence-corrected chi connectivity index (χ4v) is 2.28. The highest BCUT2D eigenvalue weighted by Gasteiger charge is 2.12. The second kappa shape index (κ2) is 6.04. The minimum Gasteiger partial charge on any atom is -0.355 e. The van der Waals surface area contributed by atoms with Crippen molar-refractivity contribution in [3.8, 4) is 0 Å². The molecule has 0 radical (unpaired) electrons. The van der Waals surface area contributed by atoms with E-state index < -0.39 is 0 Å². The Bertz CT molecular complexity index is 555. The molecule has 1 heterocycles. The van der Waals surface area contributed by atoms with E-state index in [0.717, 1.165) is 28.5 Å². The zero-order valence-corrected chi connectivity index (χ0v) is 11.9. The van der Waals surface area contributed by atoms with E-state index in [9.17, 15) is 0 Å². The molecule has 2 N–H and O–H groups in total. The average Bonchev–Trinajstić information content (AvgIpc) is 2.38. The van der Waals surface area contributed by atoms with E-state index in [2.05, 4.69) is 16.0 Å². The lowest BCUT2D eigenvalue weighted by Gasteiger charge is -2.22. The quantitative estimate of drug-likeness (QED) is 0.930. The lowest BCUT2D eigenvalue weighted by molar-refractivity contribution is 0.788. The fourth-order valence-electron chi connectivity index (χ4n) is 2.07. The molecule has 0 saturated heterocycles. The van der Waals surface area contributed by atoms with Crippen LogP contribution in [0.1, 0.15) is 24.1 Å². The Morgan fingerprint density at radius 3 is 2.79 bits per heavy atom. The van der Waals surface area contributed by atoms with Crippen LogP contribution in [0.25, 0.3) is 0 Å². The summed E-state index contributed by atoms with van der Waals surface area (Å²) >= 11 is 6.00. The predicted molar refractivity (Wildman–Crippen MR) is 80.4 cm³/mol. The summed E-state index contributed by atoms with van der Waals surface area (Å²) in [6, 6.07) is 11.7. The van der Waals surface area contributed by atoms with Gasteiger partial charge in [-0.2, -0.15) is 0 Å². The SMILES string of the molecule is C[C@H](N)c1cccnc1N(C)Cc1cccc(Cl)c1. The van der Waals surface area contributed by atoms with Gasteiger partial charge in [-0.25, -0.2) is 4.98 Å². The molecule has 1 aromatic heterocycles. The summed E-state index contributed by atoms with van der Waals surface area (Å²) in [7, 11) is 2.01. The van der Waals surface area contributed by atoms with Crippen LogP contribution < -0.4 is 10.6 Å². The van der Waals surface area contributed by atoms with Gasteiger partial charge in [-0.1, -0.05) is 29.8 Å². The summed E-state index contributed by atoms with van der Waals surface area (Å²) in [5.41, 5.74) is 8.18. The molecule has 1 aromatic carbocycles. The Hall–Kier alpha value is -1.58. The second-order valence-corrected chi connectivity index (χ2v) is 5.13. The van der Waals surface area contributed by atoms with Crippen molar-refractivity contribution in [1.29, 1.82) is 0 Å². The number of pyridine rings is 1. The molecule has 19 heavy (non-hydrogen) atoms. The van der Waals surface area contributed by atoms with E-state index in [1.54, 1.807) is 6.20 Å².